The maximum atomic E-state index is 2.49. The minimum Gasteiger partial charge on any atom is -0.0716 e. The largest absolute Gasteiger partial charge is 0.0716 e. The van der Waals surface area contributed by atoms with Gasteiger partial charge >= 0.3 is 0 Å². The predicted octanol–water partition coefficient (Wildman–Crippen LogP) is 6.32. The van der Waals surface area contributed by atoms with Crippen LogP contribution >= 0.6 is 0 Å². The predicted molar refractivity (Wildman–Crippen MR) is 135 cm³/mol. The van der Waals surface area contributed by atoms with Crippen LogP contribution in [0.25, 0.3) is 22.8 Å². The molecule has 0 heteroatoms. The van der Waals surface area contributed by atoms with Crippen LogP contribution in [0.5, 0.6) is 0 Å². The molecule has 1 unspecified atom stereocenters. The molecule has 0 N–H and O–H groups in total. The molecule has 0 aliphatic heterocycles. The van der Waals surface area contributed by atoms with Crippen LogP contribution in [0.1, 0.15) is 46.6 Å². The van der Waals surface area contributed by atoms with Crippen molar-refractivity contribution in [3.05, 3.63) is 129 Å². The average molecular weight is 413 g/mol. The van der Waals surface area contributed by atoms with Gasteiger partial charge in [0.1, 0.15) is 0 Å². The topological polar surface area (TPSA) is 0 Å². The molecular formula is C32H28. The van der Waals surface area contributed by atoms with Crippen molar-refractivity contribution in [3.8, 4) is 11.1 Å². The van der Waals surface area contributed by atoms with Gasteiger partial charge in [0.25, 0.3) is 0 Å². The van der Waals surface area contributed by atoms with E-state index in [-0.39, 0.29) is 0 Å². The lowest BCUT2D eigenvalue weighted by molar-refractivity contribution is 0.614. The molecule has 0 aromatic heterocycles. The highest BCUT2D eigenvalue weighted by Gasteiger charge is 2.24. The summed E-state index contributed by atoms with van der Waals surface area (Å²) in [7, 11) is 0. The van der Waals surface area contributed by atoms with E-state index in [1.54, 1.807) is 0 Å². The fourth-order valence-corrected chi connectivity index (χ4v) is 5.82. The molecule has 2 aliphatic carbocycles. The van der Waals surface area contributed by atoms with Crippen molar-refractivity contribution in [2.24, 2.45) is 0 Å². The summed E-state index contributed by atoms with van der Waals surface area (Å²) in [5, 5.41) is 2.97. The van der Waals surface area contributed by atoms with Gasteiger partial charge in [-0.25, -0.2) is 0 Å². The van der Waals surface area contributed by atoms with E-state index < -0.39 is 0 Å². The Morgan fingerprint density at radius 3 is 2.31 bits per heavy atom. The number of fused-ring (bicyclic) bond motifs is 5. The highest BCUT2D eigenvalue weighted by atomic mass is 14.3. The Morgan fingerprint density at radius 1 is 0.719 bits per heavy atom. The van der Waals surface area contributed by atoms with Crippen LogP contribution in [0.4, 0.5) is 0 Å². The fourth-order valence-electron chi connectivity index (χ4n) is 5.82. The molecule has 0 heterocycles. The molecule has 32 heavy (non-hydrogen) atoms. The Labute approximate surface area is 190 Å². The summed E-state index contributed by atoms with van der Waals surface area (Å²) in [5.74, 6) is 0.566. The Kier molecular flexibility index (Phi) is 4.80. The summed E-state index contributed by atoms with van der Waals surface area (Å²) >= 11 is 0. The lowest BCUT2D eigenvalue weighted by atomic mass is 9.76. The van der Waals surface area contributed by atoms with Crippen molar-refractivity contribution in [1.29, 1.82) is 0 Å². The minimum absolute atomic E-state index is 0.566. The molecule has 0 bridgehead atoms. The van der Waals surface area contributed by atoms with Crippen LogP contribution < -0.4 is 10.4 Å². The number of hydrogen-bond donors (Lipinski definition) is 0. The first kappa shape index (κ1) is 19.3. The van der Waals surface area contributed by atoms with E-state index >= 15 is 0 Å². The molecule has 0 radical (unpaired) electrons. The van der Waals surface area contributed by atoms with Crippen molar-refractivity contribution in [1.82, 2.24) is 0 Å². The van der Waals surface area contributed by atoms with E-state index in [2.05, 4.69) is 104 Å². The standard InChI is InChI=1S/C32H28/c1-22-9-5-7-13-26(22)30-18-16-25(21-23-10-3-2-4-11-23)28-19-20-29-27-14-8-6-12-24(27)15-17-31(29)32(28)30/h2-14,17,19-20,25H,15-16,18,21H2,1H3. The van der Waals surface area contributed by atoms with Gasteiger partial charge in [0, 0.05) is 0 Å². The number of rotatable bonds is 3. The second-order valence-corrected chi connectivity index (χ2v) is 9.28. The highest BCUT2D eigenvalue weighted by molar-refractivity contribution is 5.78. The molecule has 0 saturated carbocycles. The molecule has 0 saturated heterocycles. The smallest absolute Gasteiger partial charge is 0.00818 e. The van der Waals surface area contributed by atoms with Crippen molar-refractivity contribution in [2.75, 3.05) is 0 Å². The third kappa shape index (κ3) is 3.22. The zero-order valence-corrected chi connectivity index (χ0v) is 18.6. The van der Waals surface area contributed by atoms with Crippen LogP contribution in [0.2, 0.25) is 0 Å². The van der Waals surface area contributed by atoms with Gasteiger partial charge in [-0.05, 0) is 93.5 Å². The quantitative estimate of drug-likeness (QED) is 0.369. The van der Waals surface area contributed by atoms with E-state index in [9.17, 15) is 0 Å². The third-order valence-electron chi connectivity index (χ3n) is 7.39. The summed E-state index contributed by atoms with van der Waals surface area (Å²) < 4.78 is 0. The van der Waals surface area contributed by atoms with Crippen LogP contribution in [0.15, 0.2) is 91.0 Å². The van der Waals surface area contributed by atoms with E-state index in [0.717, 1.165) is 19.3 Å². The molecule has 1 atom stereocenters. The Bertz CT molecular complexity index is 1420. The van der Waals surface area contributed by atoms with Crippen LogP contribution in [-0.2, 0) is 12.8 Å². The van der Waals surface area contributed by atoms with Gasteiger partial charge in [-0.3, -0.25) is 0 Å². The van der Waals surface area contributed by atoms with Gasteiger partial charge in [0.2, 0.25) is 0 Å². The maximum absolute atomic E-state index is 2.49. The first-order chi connectivity index (χ1) is 15.8. The molecule has 0 amide bonds. The molecule has 0 nitrogen and oxygen atoms in total. The van der Waals surface area contributed by atoms with Crippen molar-refractivity contribution in [2.45, 2.75) is 38.5 Å². The first-order valence-electron chi connectivity index (χ1n) is 11.8. The van der Waals surface area contributed by atoms with Crippen molar-refractivity contribution < 1.29 is 0 Å². The molecular weight excluding hydrogens is 384 g/mol. The molecule has 2 aliphatic rings. The molecule has 6 rings (SSSR count). The van der Waals surface area contributed by atoms with Gasteiger partial charge in [-0.1, -0.05) is 97.1 Å². The Morgan fingerprint density at radius 2 is 1.47 bits per heavy atom. The minimum atomic E-state index is 0.566. The monoisotopic (exact) mass is 412 g/mol. The van der Waals surface area contributed by atoms with E-state index in [4.69, 9.17) is 0 Å². The second kappa shape index (κ2) is 7.95. The van der Waals surface area contributed by atoms with Crippen LogP contribution in [-0.4, -0.2) is 0 Å². The van der Waals surface area contributed by atoms with Crippen molar-refractivity contribution >= 4 is 11.6 Å². The number of benzene rings is 4. The third-order valence-corrected chi connectivity index (χ3v) is 7.39. The molecule has 0 fully saturated rings. The lowest BCUT2D eigenvalue weighted by Crippen LogP contribution is -2.38. The molecule has 4 aromatic carbocycles. The van der Waals surface area contributed by atoms with Gasteiger partial charge in [-0.15, -0.1) is 0 Å². The van der Waals surface area contributed by atoms with Crippen LogP contribution in [0.3, 0.4) is 0 Å². The highest BCUT2D eigenvalue weighted by Crippen LogP contribution is 2.34. The first-order valence-corrected chi connectivity index (χ1v) is 11.8. The van der Waals surface area contributed by atoms with E-state index in [0.29, 0.717) is 5.92 Å². The average Bonchev–Trinajstić information content (AvgIpc) is 2.85. The second-order valence-electron chi connectivity index (χ2n) is 9.28. The normalized spacial score (nSPS) is 16.5. The lowest BCUT2D eigenvalue weighted by Gasteiger charge is -2.28. The van der Waals surface area contributed by atoms with Gasteiger partial charge in [-0.2, -0.15) is 0 Å². The molecule has 0 spiro atoms. The summed E-state index contributed by atoms with van der Waals surface area (Å²) in [5.41, 5.74) is 11.6. The van der Waals surface area contributed by atoms with Crippen LogP contribution in [0, 0.1) is 6.92 Å². The fraction of sp³-hybridized carbons (Fsp3) is 0.188. The van der Waals surface area contributed by atoms with Gasteiger partial charge in [0.15, 0.2) is 0 Å². The van der Waals surface area contributed by atoms with E-state index in [1.165, 1.54) is 61.4 Å². The molecule has 156 valence electrons. The summed E-state index contributed by atoms with van der Waals surface area (Å²) in [6, 6.07) is 33.7. The summed E-state index contributed by atoms with van der Waals surface area (Å²) in [6.07, 6.45) is 6.97. The maximum Gasteiger partial charge on any atom is -0.00818 e. The Hall–Kier alpha value is -3.38. The zero-order valence-electron chi connectivity index (χ0n) is 18.6. The number of aryl methyl sites for hydroxylation is 1. The van der Waals surface area contributed by atoms with E-state index in [1.807, 2.05) is 0 Å². The van der Waals surface area contributed by atoms with Crippen molar-refractivity contribution in [3.63, 3.8) is 0 Å². The molecule has 4 aromatic rings. The number of hydrogen-bond acceptors (Lipinski definition) is 0. The summed E-state index contributed by atoms with van der Waals surface area (Å²) in [4.78, 5) is 0. The zero-order chi connectivity index (χ0) is 21.5. The summed E-state index contributed by atoms with van der Waals surface area (Å²) in [6.45, 7) is 2.26. The van der Waals surface area contributed by atoms with Gasteiger partial charge in [0.05, 0.1) is 0 Å². The Balaban J connectivity index is 1.62. The SMILES string of the molecule is Cc1ccccc1C1=c2c(ccc3c2=CCc2ccccc2-3)C(Cc2ccccc2)CC1. The van der Waals surface area contributed by atoms with Gasteiger partial charge < -0.3 is 0 Å².